The van der Waals surface area contributed by atoms with Gasteiger partial charge in [0.2, 0.25) is 0 Å². The number of aromatic nitrogens is 1. The Morgan fingerprint density at radius 3 is 2.62 bits per heavy atom. The maximum absolute atomic E-state index is 11.5. The molecule has 0 saturated carbocycles. The second-order valence-electron chi connectivity index (χ2n) is 4.49. The molecule has 1 aromatic rings. The van der Waals surface area contributed by atoms with E-state index in [0.29, 0.717) is 0 Å². The lowest BCUT2D eigenvalue weighted by Gasteiger charge is -2.14. The highest BCUT2D eigenvalue weighted by Gasteiger charge is 2.01. The van der Waals surface area contributed by atoms with Crippen LogP contribution in [0.25, 0.3) is 0 Å². The minimum absolute atomic E-state index is 0.0492. The standard InChI is InChI=1S/C12H21N3O/c1-10(2)15-9-11(5-6-12(15)16)13-7-8-14(3)4/h5-6,9-10,13H,7-8H2,1-4H3. The Hall–Kier alpha value is -1.29. The van der Waals surface area contributed by atoms with Crippen molar-refractivity contribution in [1.82, 2.24) is 9.47 Å². The van der Waals surface area contributed by atoms with E-state index in [0.717, 1.165) is 18.8 Å². The first-order chi connectivity index (χ1) is 7.50. The van der Waals surface area contributed by atoms with E-state index < -0.39 is 0 Å². The molecule has 0 aliphatic heterocycles. The van der Waals surface area contributed by atoms with Gasteiger partial charge in [-0.3, -0.25) is 4.79 Å². The quantitative estimate of drug-likeness (QED) is 0.820. The average molecular weight is 223 g/mol. The summed E-state index contributed by atoms with van der Waals surface area (Å²) in [5, 5.41) is 3.30. The van der Waals surface area contributed by atoms with Crippen molar-refractivity contribution >= 4 is 5.69 Å². The van der Waals surface area contributed by atoms with Crippen LogP contribution in [0.2, 0.25) is 0 Å². The molecular weight excluding hydrogens is 202 g/mol. The Labute approximate surface area is 96.9 Å². The van der Waals surface area contributed by atoms with Crippen LogP contribution in [0.3, 0.4) is 0 Å². The largest absolute Gasteiger partial charge is 0.383 e. The molecule has 1 rings (SSSR count). The molecule has 0 fully saturated rings. The SMILES string of the molecule is CC(C)n1cc(NCCN(C)C)ccc1=O. The number of hydrogen-bond donors (Lipinski definition) is 1. The molecule has 0 bridgehead atoms. The van der Waals surface area contributed by atoms with E-state index >= 15 is 0 Å². The van der Waals surface area contributed by atoms with E-state index in [1.54, 1.807) is 10.6 Å². The van der Waals surface area contributed by atoms with Gasteiger partial charge in [-0.15, -0.1) is 0 Å². The van der Waals surface area contributed by atoms with Crippen molar-refractivity contribution in [3.63, 3.8) is 0 Å². The van der Waals surface area contributed by atoms with Gasteiger partial charge >= 0.3 is 0 Å². The fraction of sp³-hybridized carbons (Fsp3) is 0.583. The van der Waals surface area contributed by atoms with Crippen LogP contribution in [0.15, 0.2) is 23.1 Å². The topological polar surface area (TPSA) is 37.3 Å². The normalized spacial score (nSPS) is 11.1. The lowest BCUT2D eigenvalue weighted by molar-refractivity contribution is 0.425. The zero-order valence-electron chi connectivity index (χ0n) is 10.5. The van der Waals surface area contributed by atoms with Gasteiger partial charge in [-0.1, -0.05) is 0 Å². The van der Waals surface area contributed by atoms with Gasteiger partial charge in [-0.05, 0) is 34.0 Å². The fourth-order valence-corrected chi connectivity index (χ4v) is 1.44. The molecule has 0 atom stereocenters. The molecule has 1 aromatic heterocycles. The zero-order chi connectivity index (χ0) is 12.1. The zero-order valence-corrected chi connectivity index (χ0v) is 10.5. The van der Waals surface area contributed by atoms with Crippen LogP contribution in [-0.2, 0) is 0 Å². The number of likely N-dealkylation sites (N-methyl/N-ethyl adjacent to an activating group) is 1. The van der Waals surface area contributed by atoms with E-state index in [-0.39, 0.29) is 11.6 Å². The second kappa shape index (κ2) is 5.70. The Morgan fingerprint density at radius 2 is 2.06 bits per heavy atom. The summed E-state index contributed by atoms with van der Waals surface area (Å²) >= 11 is 0. The molecule has 16 heavy (non-hydrogen) atoms. The van der Waals surface area contributed by atoms with Crippen LogP contribution < -0.4 is 10.9 Å². The monoisotopic (exact) mass is 223 g/mol. The molecule has 90 valence electrons. The first-order valence-corrected chi connectivity index (χ1v) is 5.61. The molecule has 0 unspecified atom stereocenters. The van der Waals surface area contributed by atoms with Crippen molar-refractivity contribution in [3.8, 4) is 0 Å². The molecule has 4 heteroatoms. The molecule has 0 aromatic carbocycles. The van der Waals surface area contributed by atoms with Crippen LogP contribution >= 0.6 is 0 Å². The maximum atomic E-state index is 11.5. The van der Waals surface area contributed by atoms with E-state index in [9.17, 15) is 4.79 Å². The van der Waals surface area contributed by atoms with Crippen LogP contribution in [0, 0.1) is 0 Å². The molecule has 0 aliphatic rings. The van der Waals surface area contributed by atoms with Crippen molar-refractivity contribution in [3.05, 3.63) is 28.7 Å². The van der Waals surface area contributed by atoms with E-state index in [1.807, 2.05) is 40.2 Å². The Bertz CT molecular complexity index is 382. The molecule has 0 amide bonds. The summed E-state index contributed by atoms with van der Waals surface area (Å²) in [6, 6.07) is 3.64. The highest BCUT2D eigenvalue weighted by Crippen LogP contribution is 2.07. The Kier molecular flexibility index (Phi) is 4.55. The number of pyridine rings is 1. The van der Waals surface area contributed by atoms with Gasteiger partial charge in [0.1, 0.15) is 0 Å². The molecule has 0 aliphatic carbocycles. The van der Waals surface area contributed by atoms with Gasteiger partial charge in [0.15, 0.2) is 0 Å². The molecule has 4 nitrogen and oxygen atoms in total. The fourth-order valence-electron chi connectivity index (χ4n) is 1.44. The minimum atomic E-state index is 0.0492. The molecule has 0 spiro atoms. The van der Waals surface area contributed by atoms with Crippen molar-refractivity contribution in [2.24, 2.45) is 0 Å². The Morgan fingerprint density at radius 1 is 1.38 bits per heavy atom. The summed E-state index contributed by atoms with van der Waals surface area (Å²) in [6.07, 6.45) is 1.88. The number of anilines is 1. The van der Waals surface area contributed by atoms with Gasteiger partial charge in [-0.25, -0.2) is 0 Å². The number of rotatable bonds is 5. The molecular formula is C12H21N3O. The summed E-state index contributed by atoms with van der Waals surface area (Å²) in [6.45, 7) is 5.86. The first kappa shape index (κ1) is 12.8. The van der Waals surface area contributed by atoms with Gasteiger partial charge in [-0.2, -0.15) is 0 Å². The molecule has 1 heterocycles. The van der Waals surface area contributed by atoms with Crippen LogP contribution in [-0.4, -0.2) is 36.7 Å². The van der Waals surface area contributed by atoms with Crippen LogP contribution in [0.1, 0.15) is 19.9 Å². The van der Waals surface area contributed by atoms with E-state index in [2.05, 4.69) is 10.2 Å². The maximum Gasteiger partial charge on any atom is 0.250 e. The lowest BCUT2D eigenvalue weighted by Crippen LogP contribution is -2.23. The third kappa shape index (κ3) is 3.70. The smallest absolute Gasteiger partial charge is 0.250 e. The van der Waals surface area contributed by atoms with Gasteiger partial charge in [0, 0.05) is 31.4 Å². The number of nitrogens with zero attached hydrogens (tertiary/aromatic N) is 2. The molecule has 0 radical (unpaired) electrons. The highest BCUT2D eigenvalue weighted by molar-refractivity contribution is 5.40. The summed E-state index contributed by atoms with van der Waals surface area (Å²) in [7, 11) is 4.08. The summed E-state index contributed by atoms with van der Waals surface area (Å²) in [4.78, 5) is 13.6. The third-order valence-corrected chi connectivity index (χ3v) is 2.38. The van der Waals surface area contributed by atoms with Crippen molar-refractivity contribution in [1.29, 1.82) is 0 Å². The summed E-state index contributed by atoms with van der Waals surface area (Å²) in [5.41, 5.74) is 1.04. The van der Waals surface area contributed by atoms with E-state index in [1.165, 1.54) is 0 Å². The third-order valence-electron chi connectivity index (χ3n) is 2.38. The van der Waals surface area contributed by atoms with Gasteiger partial charge < -0.3 is 14.8 Å². The Balaban J connectivity index is 2.68. The lowest BCUT2D eigenvalue weighted by atomic mass is 10.3. The van der Waals surface area contributed by atoms with Crippen molar-refractivity contribution < 1.29 is 0 Å². The van der Waals surface area contributed by atoms with Crippen LogP contribution in [0.5, 0.6) is 0 Å². The number of nitrogens with one attached hydrogen (secondary N) is 1. The average Bonchev–Trinajstić information content (AvgIpc) is 2.19. The van der Waals surface area contributed by atoms with Crippen molar-refractivity contribution in [2.75, 3.05) is 32.5 Å². The minimum Gasteiger partial charge on any atom is -0.383 e. The van der Waals surface area contributed by atoms with E-state index in [4.69, 9.17) is 0 Å². The van der Waals surface area contributed by atoms with Gasteiger partial charge in [0.25, 0.3) is 5.56 Å². The second-order valence-corrected chi connectivity index (χ2v) is 4.49. The van der Waals surface area contributed by atoms with Crippen LogP contribution in [0.4, 0.5) is 5.69 Å². The predicted octanol–water partition coefficient (Wildman–Crippen LogP) is 1.40. The highest BCUT2D eigenvalue weighted by atomic mass is 16.1. The molecule has 0 saturated heterocycles. The summed E-state index contributed by atoms with van der Waals surface area (Å²) < 4.78 is 1.73. The van der Waals surface area contributed by atoms with Gasteiger partial charge in [0.05, 0.1) is 5.69 Å². The van der Waals surface area contributed by atoms with Crippen molar-refractivity contribution in [2.45, 2.75) is 19.9 Å². The number of hydrogen-bond acceptors (Lipinski definition) is 3. The predicted molar refractivity (Wildman–Crippen MR) is 68.1 cm³/mol. The first-order valence-electron chi connectivity index (χ1n) is 5.61. The molecule has 1 N–H and O–H groups in total. The summed E-state index contributed by atoms with van der Waals surface area (Å²) in [5.74, 6) is 0.